The molecule has 1 fully saturated rings. The van der Waals surface area contributed by atoms with Crippen LogP contribution in [0, 0.1) is 6.92 Å². The Labute approximate surface area is 158 Å². The second-order valence-corrected chi connectivity index (χ2v) is 6.47. The molecule has 9 heteroatoms. The van der Waals surface area contributed by atoms with E-state index in [-0.39, 0.29) is 11.9 Å². The SMILES string of the molecule is COCCOc1ccc(CNC(=O)N2CCC[C@@H](c3nc(C)no3)C2)cn1. The number of rotatable bonds is 7. The maximum absolute atomic E-state index is 12.5. The molecule has 146 valence electrons. The maximum Gasteiger partial charge on any atom is 0.317 e. The number of ether oxygens (including phenoxy) is 2. The van der Waals surface area contributed by atoms with Crippen LogP contribution in [0.15, 0.2) is 22.9 Å². The third-order valence-electron chi connectivity index (χ3n) is 4.38. The Morgan fingerprint density at radius 1 is 1.41 bits per heavy atom. The van der Waals surface area contributed by atoms with Gasteiger partial charge < -0.3 is 24.2 Å². The first kappa shape index (κ1) is 19.1. The highest BCUT2D eigenvalue weighted by Crippen LogP contribution is 2.25. The Balaban J connectivity index is 1.47. The number of pyridine rings is 1. The molecule has 0 bridgehead atoms. The van der Waals surface area contributed by atoms with E-state index in [1.165, 1.54) is 0 Å². The van der Waals surface area contributed by atoms with E-state index in [1.54, 1.807) is 31.2 Å². The highest BCUT2D eigenvalue weighted by Gasteiger charge is 2.28. The molecule has 0 aromatic carbocycles. The first-order valence-electron chi connectivity index (χ1n) is 9.05. The average molecular weight is 375 g/mol. The van der Waals surface area contributed by atoms with Crippen molar-refractivity contribution in [1.29, 1.82) is 0 Å². The molecule has 3 rings (SSSR count). The predicted molar refractivity (Wildman–Crippen MR) is 96.4 cm³/mol. The minimum Gasteiger partial charge on any atom is -0.475 e. The first-order chi connectivity index (χ1) is 13.2. The number of aryl methyl sites for hydroxylation is 1. The van der Waals surface area contributed by atoms with Gasteiger partial charge in [-0.15, -0.1) is 0 Å². The van der Waals surface area contributed by atoms with Crippen molar-refractivity contribution in [3.63, 3.8) is 0 Å². The lowest BCUT2D eigenvalue weighted by Gasteiger charge is -2.31. The fraction of sp³-hybridized carbons (Fsp3) is 0.556. The van der Waals surface area contributed by atoms with Crippen molar-refractivity contribution in [1.82, 2.24) is 25.3 Å². The molecular formula is C18H25N5O4. The number of amides is 2. The molecule has 9 nitrogen and oxygen atoms in total. The van der Waals surface area contributed by atoms with Crippen LogP contribution in [0.4, 0.5) is 4.79 Å². The van der Waals surface area contributed by atoms with Crippen LogP contribution in [0.5, 0.6) is 5.88 Å². The quantitative estimate of drug-likeness (QED) is 0.737. The average Bonchev–Trinajstić information content (AvgIpc) is 3.14. The van der Waals surface area contributed by atoms with Gasteiger partial charge in [0.25, 0.3) is 0 Å². The van der Waals surface area contributed by atoms with Crippen molar-refractivity contribution >= 4 is 6.03 Å². The van der Waals surface area contributed by atoms with Crippen LogP contribution in [-0.2, 0) is 11.3 Å². The van der Waals surface area contributed by atoms with Gasteiger partial charge >= 0.3 is 6.03 Å². The van der Waals surface area contributed by atoms with Gasteiger partial charge in [-0.05, 0) is 25.3 Å². The van der Waals surface area contributed by atoms with E-state index in [4.69, 9.17) is 14.0 Å². The number of likely N-dealkylation sites (tertiary alicyclic amines) is 1. The first-order valence-corrected chi connectivity index (χ1v) is 9.05. The van der Waals surface area contributed by atoms with Crippen LogP contribution >= 0.6 is 0 Å². The van der Waals surface area contributed by atoms with Crippen LogP contribution in [0.25, 0.3) is 0 Å². The summed E-state index contributed by atoms with van der Waals surface area (Å²) in [5.41, 5.74) is 0.906. The predicted octanol–water partition coefficient (Wildman–Crippen LogP) is 1.89. The Morgan fingerprint density at radius 2 is 2.30 bits per heavy atom. The number of hydrogen-bond acceptors (Lipinski definition) is 7. The van der Waals surface area contributed by atoms with Gasteiger partial charge in [0.15, 0.2) is 5.82 Å². The number of nitrogens with one attached hydrogen (secondary N) is 1. The molecule has 2 aromatic heterocycles. The molecule has 3 heterocycles. The van der Waals surface area contributed by atoms with E-state index >= 15 is 0 Å². The molecule has 0 saturated carbocycles. The zero-order valence-corrected chi connectivity index (χ0v) is 15.7. The van der Waals surface area contributed by atoms with Crippen LogP contribution in [0.2, 0.25) is 0 Å². The summed E-state index contributed by atoms with van der Waals surface area (Å²) in [5, 5.41) is 6.78. The lowest BCUT2D eigenvalue weighted by molar-refractivity contribution is 0.143. The topological polar surface area (TPSA) is 103 Å². The molecule has 0 spiro atoms. The van der Waals surface area contributed by atoms with Crippen molar-refractivity contribution in [2.45, 2.75) is 32.2 Å². The van der Waals surface area contributed by atoms with Crippen LogP contribution in [0.1, 0.15) is 36.0 Å². The zero-order valence-electron chi connectivity index (χ0n) is 15.7. The lowest BCUT2D eigenvalue weighted by Crippen LogP contribution is -2.44. The summed E-state index contributed by atoms with van der Waals surface area (Å²) in [6, 6.07) is 3.57. The van der Waals surface area contributed by atoms with Gasteiger partial charge in [0.05, 0.1) is 12.5 Å². The summed E-state index contributed by atoms with van der Waals surface area (Å²) >= 11 is 0. The number of carbonyl (C=O) groups excluding carboxylic acids is 1. The Bertz CT molecular complexity index is 734. The normalized spacial score (nSPS) is 17.0. The third-order valence-corrected chi connectivity index (χ3v) is 4.38. The second kappa shape index (κ2) is 9.31. The van der Waals surface area contributed by atoms with E-state index in [0.29, 0.717) is 43.9 Å². The molecule has 1 N–H and O–H groups in total. The molecule has 2 amide bonds. The molecular weight excluding hydrogens is 350 g/mol. The van der Waals surface area contributed by atoms with E-state index in [2.05, 4.69) is 20.4 Å². The standard InChI is InChI=1S/C18H25N5O4/c1-13-21-17(27-22-13)15-4-3-7-23(12-15)18(24)20-11-14-5-6-16(19-10-14)26-9-8-25-2/h5-6,10,15H,3-4,7-9,11-12H2,1-2H3,(H,20,24)/t15-/m1/s1. The molecule has 1 saturated heterocycles. The molecule has 27 heavy (non-hydrogen) atoms. The van der Waals surface area contributed by atoms with Gasteiger partial charge in [-0.2, -0.15) is 4.98 Å². The number of piperidine rings is 1. The fourth-order valence-electron chi connectivity index (χ4n) is 2.96. The summed E-state index contributed by atoms with van der Waals surface area (Å²) in [6.07, 6.45) is 3.55. The zero-order chi connectivity index (χ0) is 19.1. The number of carbonyl (C=O) groups is 1. The Morgan fingerprint density at radius 3 is 3.00 bits per heavy atom. The minimum atomic E-state index is -0.101. The number of hydrogen-bond donors (Lipinski definition) is 1. The van der Waals surface area contributed by atoms with Gasteiger partial charge in [0.1, 0.15) is 6.61 Å². The molecule has 2 aromatic rings. The van der Waals surface area contributed by atoms with Gasteiger partial charge in [0, 0.05) is 39.0 Å². The largest absolute Gasteiger partial charge is 0.475 e. The molecule has 1 atom stereocenters. The highest BCUT2D eigenvalue weighted by molar-refractivity contribution is 5.74. The molecule has 0 unspecified atom stereocenters. The number of methoxy groups -OCH3 is 1. The molecule has 1 aliphatic heterocycles. The summed E-state index contributed by atoms with van der Waals surface area (Å²) in [7, 11) is 1.62. The Kier molecular flexibility index (Phi) is 6.59. The van der Waals surface area contributed by atoms with Gasteiger partial charge in [-0.1, -0.05) is 11.2 Å². The number of urea groups is 1. The van der Waals surface area contributed by atoms with Gasteiger partial charge in [0.2, 0.25) is 11.8 Å². The van der Waals surface area contributed by atoms with Crippen molar-refractivity contribution in [3.8, 4) is 5.88 Å². The third kappa shape index (κ3) is 5.40. The number of nitrogens with zero attached hydrogens (tertiary/aromatic N) is 4. The highest BCUT2D eigenvalue weighted by atomic mass is 16.5. The second-order valence-electron chi connectivity index (χ2n) is 6.47. The monoisotopic (exact) mass is 375 g/mol. The van der Waals surface area contributed by atoms with E-state index in [0.717, 1.165) is 24.9 Å². The Hall–Kier alpha value is -2.68. The van der Waals surface area contributed by atoms with E-state index in [9.17, 15) is 4.79 Å². The van der Waals surface area contributed by atoms with E-state index in [1.807, 2.05) is 6.07 Å². The molecule has 0 aliphatic carbocycles. The van der Waals surface area contributed by atoms with Crippen molar-refractivity contribution < 1.29 is 18.8 Å². The maximum atomic E-state index is 12.5. The fourth-order valence-corrected chi connectivity index (χ4v) is 2.96. The van der Waals surface area contributed by atoms with Crippen molar-refractivity contribution in [2.24, 2.45) is 0 Å². The lowest BCUT2D eigenvalue weighted by atomic mass is 9.98. The van der Waals surface area contributed by atoms with Crippen LogP contribution in [-0.4, -0.2) is 59.5 Å². The van der Waals surface area contributed by atoms with Gasteiger partial charge in [-0.25, -0.2) is 9.78 Å². The smallest absolute Gasteiger partial charge is 0.317 e. The summed E-state index contributed by atoms with van der Waals surface area (Å²) in [6.45, 7) is 4.47. The minimum absolute atomic E-state index is 0.0934. The van der Waals surface area contributed by atoms with Crippen LogP contribution in [0.3, 0.4) is 0 Å². The van der Waals surface area contributed by atoms with Gasteiger partial charge in [-0.3, -0.25) is 0 Å². The summed E-state index contributed by atoms with van der Waals surface area (Å²) < 4.78 is 15.6. The summed E-state index contributed by atoms with van der Waals surface area (Å²) in [5.74, 6) is 1.86. The van der Waals surface area contributed by atoms with Crippen molar-refractivity contribution in [3.05, 3.63) is 35.6 Å². The molecule has 0 radical (unpaired) electrons. The van der Waals surface area contributed by atoms with E-state index < -0.39 is 0 Å². The van der Waals surface area contributed by atoms with Crippen molar-refractivity contribution in [2.75, 3.05) is 33.4 Å². The molecule has 1 aliphatic rings. The summed E-state index contributed by atoms with van der Waals surface area (Å²) in [4.78, 5) is 22.8. The number of aromatic nitrogens is 3. The van der Waals surface area contributed by atoms with Crippen LogP contribution < -0.4 is 10.1 Å².